The van der Waals surface area contributed by atoms with E-state index in [9.17, 15) is 13.2 Å². The molecule has 0 aliphatic carbocycles. The van der Waals surface area contributed by atoms with Gasteiger partial charge in [0.25, 0.3) is 15.9 Å². The van der Waals surface area contributed by atoms with Gasteiger partial charge in [-0.15, -0.1) is 0 Å². The fraction of sp³-hybridized carbons (Fsp3) is 0.227. The number of nitrogens with zero attached hydrogens (tertiary/aromatic N) is 2. The first-order valence-corrected chi connectivity index (χ1v) is 11.6. The molecule has 2 N–H and O–H groups in total. The third-order valence-electron chi connectivity index (χ3n) is 4.54. The van der Waals surface area contributed by atoms with Crippen LogP contribution >= 0.6 is 11.6 Å². The van der Waals surface area contributed by atoms with Gasteiger partial charge in [-0.25, -0.2) is 23.1 Å². The normalized spacial score (nSPS) is 12.2. The lowest BCUT2D eigenvalue weighted by atomic mass is 10.1. The van der Waals surface area contributed by atoms with E-state index < -0.39 is 16.1 Å². The van der Waals surface area contributed by atoms with Gasteiger partial charge in [-0.2, -0.15) is 0 Å². The van der Waals surface area contributed by atoms with E-state index in [1.165, 1.54) is 30.5 Å². The van der Waals surface area contributed by atoms with Crippen LogP contribution in [-0.4, -0.2) is 30.4 Å². The lowest BCUT2D eigenvalue weighted by molar-refractivity contribution is -0.122. The molecule has 0 unspecified atom stereocenters. The van der Waals surface area contributed by atoms with Gasteiger partial charge >= 0.3 is 0 Å². The summed E-state index contributed by atoms with van der Waals surface area (Å²) < 4.78 is 33.1. The molecule has 1 heterocycles. The highest BCUT2D eigenvalue weighted by molar-refractivity contribution is 7.92. The van der Waals surface area contributed by atoms with Gasteiger partial charge < -0.3 is 10.1 Å². The number of aryl methyl sites for hydroxylation is 3. The molecular weight excluding hydrogens is 452 g/mol. The summed E-state index contributed by atoms with van der Waals surface area (Å²) in [6.07, 6.45) is 0.688. The molecule has 1 aromatic heterocycles. The van der Waals surface area contributed by atoms with Crippen molar-refractivity contribution in [3.63, 3.8) is 0 Å². The van der Waals surface area contributed by atoms with Crippen LogP contribution in [0.1, 0.15) is 23.7 Å². The van der Waals surface area contributed by atoms with Crippen LogP contribution in [0.15, 0.2) is 53.6 Å². The Morgan fingerprint density at radius 3 is 2.28 bits per heavy atom. The quantitative estimate of drug-likeness (QED) is 0.529. The number of ether oxygens (including phenoxy) is 1. The Morgan fingerprint density at radius 2 is 1.69 bits per heavy atom. The predicted octanol–water partition coefficient (Wildman–Crippen LogP) is 4.26. The van der Waals surface area contributed by atoms with Crippen molar-refractivity contribution in [2.24, 2.45) is 0 Å². The lowest BCUT2D eigenvalue weighted by Crippen LogP contribution is -2.30. The first-order valence-electron chi connectivity index (χ1n) is 9.72. The minimum absolute atomic E-state index is 0.0111. The van der Waals surface area contributed by atoms with Gasteiger partial charge in [-0.1, -0.05) is 11.6 Å². The molecule has 0 aliphatic heterocycles. The number of rotatable bonds is 7. The zero-order valence-electron chi connectivity index (χ0n) is 18.0. The predicted molar refractivity (Wildman–Crippen MR) is 124 cm³/mol. The van der Waals surface area contributed by atoms with Gasteiger partial charge in [0.1, 0.15) is 5.75 Å². The van der Waals surface area contributed by atoms with Crippen molar-refractivity contribution in [3.05, 3.63) is 70.5 Å². The third-order valence-corrected chi connectivity index (χ3v) is 6.48. The molecule has 168 valence electrons. The van der Waals surface area contributed by atoms with Crippen molar-refractivity contribution in [1.29, 1.82) is 0 Å². The molecule has 0 spiro atoms. The number of aromatic nitrogens is 2. The summed E-state index contributed by atoms with van der Waals surface area (Å²) in [5, 5.41) is 3.37. The summed E-state index contributed by atoms with van der Waals surface area (Å²) in [6, 6.07) is 10.9. The van der Waals surface area contributed by atoms with E-state index in [-0.39, 0.29) is 16.8 Å². The van der Waals surface area contributed by atoms with Crippen LogP contribution in [-0.2, 0) is 14.8 Å². The zero-order chi connectivity index (χ0) is 23.5. The molecule has 3 rings (SSSR count). The van der Waals surface area contributed by atoms with Gasteiger partial charge in [0.05, 0.1) is 4.90 Å². The van der Waals surface area contributed by atoms with Crippen LogP contribution in [0.3, 0.4) is 0 Å². The lowest BCUT2D eigenvalue weighted by Gasteiger charge is -2.16. The summed E-state index contributed by atoms with van der Waals surface area (Å²) in [5.41, 5.74) is 2.78. The number of carbonyl (C=O) groups excluding carboxylic acids is 1. The van der Waals surface area contributed by atoms with Crippen LogP contribution in [0.2, 0.25) is 5.02 Å². The first-order chi connectivity index (χ1) is 15.0. The molecule has 8 nitrogen and oxygen atoms in total. The maximum Gasteiger partial charge on any atom is 0.265 e. The van der Waals surface area contributed by atoms with Crippen molar-refractivity contribution < 1.29 is 17.9 Å². The summed E-state index contributed by atoms with van der Waals surface area (Å²) >= 11 is 6.16. The first kappa shape index (κ1) is 23.5. The Kier molecular flexibility index (Phi) is 7.00. The standard InChI is InChI=1S/C22H23ClN4O4S/c1-13-11-18(12-14(2)20(13)23)31-16(4)21(28)26-17-5-7-19(8-6-17)32(29,30)27-22-24-10-9-15(3)25-22/h5-12,16H,1-4H3,(H,26,28)(H,24,25,27)/t16-/m1/s1. The van der Waals surface area contributed by atoms with Gasteiger partial charge in [0.15, 0.2) is 6.10 Å². The smallest absolute Gasteiger partial charge is 0.265 e. The molecule has 32 heavy (non-hydrogen) atoms. The number of hydrogen-bond donors (Lipinski definition) is 2. The molecule has 0 saturated carbocycles. The van der Waals surface area contributed by atoms with E-state index in [2.05, 4.69) is 20.0 Å². The molecule has 3 aromatic rings. The van der Waals surface area contributed by atoms with E-state index in [4.69, 9.17) is 16.3 Å². The van der Waals surface area contributed by atoms with Crippen LogP contribution in [0.25, 0.3) is 0 Å². The monoisotopic (exact) mass is 474 g/mol. The van der Waals surface area contributed by atoms with Crippen molar-refractivity contribution in [1.82, 2.24) is 9.97 Å². The summed E-state index contributed by atoms with van der Waals surface area (Å²) in [4.78, 5) is 20.4. The Bertz CT molecular complexity index is 1220. The fourth-order valence-corrected chi connectivity index (χ4v) is 3.93. The van der Waals surface area contributed by atoms with Gasteiger partial charge in [-0.05, 0) is 81.3 Å². The molecule has 1 atom stereocenters. The second kappa shape index (κ2) is 9.54. The molecule has 0 fully saturated rings. The van der Waals surface area contributed by atoms with Gasteiger partial charge in [-0.3, -0.25) is 4.79 Å². The second-order valence-corrected chi connectivity index (χ2v) is 9.33. The summed E-state index contributed by atoms with van der Waals surface area (Å²) in [5.74, 6) is 0.149. The van der Waals surface area contributed by atoms with Crippen LogP contribution in [0.4, 0.5) is 11.6 Å². The molecule has 2 aromatic carbocycles. The molecular formula is C22H23ClN4O4S. The topological polar surface area (TPSA) is 110 Å². The number of nitrogens with one attached hydrogen (secondary N) is 2. The highest BCUT2D eigenvalue weighted by Gasteiger charge is 2.18. The number of anilines is 2. The number of hydrogen-bond acceptors (Lipinski definition) is 6. The Balaban J connectivity index is 1.65. The van der Waals surface area contributed by atoms with Crippen LogP contribution in [0.5, 0.6) is 5.75 Å². The largest absolute Gasteiger partial charge is 0.481 e. The number of sulfonamides is 1. The fourth-order valence-electron chi connectivity index (χ4n) is 2.87. The minimum atomic E-state index is -3.87. The number of carbonyl (C=O) groups is 1. The highest BCUT2D eigenvalue weighted by Crippen LogP contribution is 2.26. The van der Waals surface area contributed by atoms with Gasteiger partial charge in [0, 0.05) is 22.6 Å². The van der Waals surface area contributed by atoms with E-state index in [0.29, 0.717) is 22.2 Å². The minimum Gasteiger partial charge on any atom is -0.481 e. The van der Waals surface area contributed by atoms with Crippen molar-refractivity contribution in [2.75, 3.05) is 10.0 Å². The van der Waals surface area contributed by atoms with E-state index in [0.717, 1.165) is 11.1 Å². The van der Waals surface area contributed by atoms with E-state index in [1.54, 1.807) is 32.0 Å². The van der Waals surface area contributed by atoms with Crippen molar-refractivity contribution in [2.45, 2.75) is 38.7 Å². The van der Waals surface area contributed by atoms with Crippen LogP contribution in [0, 0.1) is 20.8 Å². The van der Waals surface area contributed by atoms with Gasteiger partial charge in [0.2, 0.25) is 5.95 Å². The van der Waals surface area contributed by atoms with E-state index in [1.807, 2.05) is 13.8 Å². The molecule has 10 heteroatoms. The molecule has 0 radical (unpaired) electrons. The molecule has 1 amide bonds. The van der Waals surface area contributed by atoms with Crippen molar-refractivity contribution >= 4 is 39.2 Å². The van der Waals surface area contributed by atoms with Crippen molar-refractivity contribution in [3.8, 4) is 5.75 Å². The van der Waals surface area contributed by atoms with Crippen LogP contribution < -0.4 is 14.8 Å². The highest BCUT2D eigenvalue weighted by atomic mass is 35.5. The number of amides is 1. The SMILES string of the molecule is Cc1ccnc(NS(=O)(=O)c2ccc(NC(=O)[C@@H](C)Oc3cc(C)c(Cl)c(C)c3)cc2)n1. The molecule has 0 saturated heterocycles. The maximum absolute atomic E-state index is 12.5. The molecule has 0 aliphatic rings. The maximum atomic E-state index is 12.5. The average molecular weight is 475 g/mol. The Hall–Kier alpha value is -3.17. The summed E-state index contributed by atoms with van der Waals surface area (Å²) in [6.45, 7) is 7.08. The number of halogens is 1. The third kappa shape index (κ3) is 5.74. The zero-order valence-corrected chi connectivity index (χ0v) is 19.6. The van der Waals surface area contributed by atoms with E-state index >= 15 is 0 Å². The second-order valence-electron chi connectivity index (χ2n) is 7.27. The Labute approximate surface area is 192 Å². The number of benzene rings is 2. The summed E-state index contributed by atoms with van der Waals surface area (Å²) in [7, 11) is -3.87. The molecule has 0 bridgehead atoms. The average Bonchev–Trinajstić information content (AvgIpc) is 2.72. The Morgan fingerprint density at radius 1 is 1.06 bits per heavy atom.